The van der Waals surface area contributed by atoms with Crippen LogP contribution >= 0.6 is 11.3 Å². The highest BCUT2D eigenvalue weighted by atomic mass is 32.1. The monoisotopic (exact) mass is 374 g/mol. The summed E-state index contributed by atoms with van der Waals surface area (Å²) in [7, 11) is 0. The van der Waals surface area contributed by atoms with E-state index < -0.39 is 29.1 Å². The van der Waals surface area contributed by atoms with E-state index in [1.807, 2.05) is 0 Å². The maximum Gasteiger partial charge on any atom is 0.424 e. The molecule has 1 aromatic carbocycles. The summed E-state index contributed by atoms with van der Waals surface area (Å²) >= 11 is 0.650. The Balaban J connectivity index is 1.79. The van der Waals surface area contributed by atoms with Crippen LogP contribution in [-0.2, 0) is 10.4 Å². The minimum absolute atomic E-state index is 0.0317. The second kappa shape index (κ2) is 6.19. The molecule has 3 rings (SSSR count). The van der Waals surface area contributed by atoms with Crippen molar-refractivity contribution in [3.05, 3.63) is 34.3 Å². The zero-order valence-corrected chi connectivity index (χ0v) is 13.7. The third-order valence-corrected chi connectivity index (χ3v) is 4.63. The molecule has 10 heteroatoms. The van der Waals surface area contributed by atoms with Gasteiger partial charge in [-0.15, -0.1) is 11.3 Å². The molecule has 0 aliphatic carbocycles. The number of nitrogens with zero attached hydrogens (tertiary/aromatic N) is 1. The Morgan fingerprint density at radius 1 is 1.36 bits per heavy atom. The minimum Gasteiger partial charge on any atom is -0.454 e. The van der Waals surface area contributed by atoms with Gasteiger partial charge < -0.3 is 19.9 Å². The minimum atomic E-state index is -5.05. The molecule has 134 valence electrons. The zero-order valence-electron chi connectivity index (χ0n) is 12.9. The molecule has 0 spiro atoms. The van der Waals surface area contributed by atoms with Gasteiger partial charge >= 0.3 is 6.18 Å². The van der Waals surface area contributed by atoms with Gasteiger partial charge in [-0.1, -0.05) is 0 Å². The largest absolute Gasteiger partial charge is 0.454 e. The van der Waals surface area contributed by atoms with Crippen LogP contribution in [0.1, 0.15) is 17.1 Å². The van der Waals surface area contributed by atoms with Crippen molar-refractivity contribution in [3.63, 3.8) is 0 Å². The lowest BCUT2D eigenvalue weighted by Crippen LogP contribution is -2.45. The number of thiazole rings is 1. The van der Waals surface area contributed by atoms with E-state index in [1.165, 1.54) is 30.5 Å². The number of carbonyl (C=O) groups is 1. The van der Waals surface area contributed by atoms with Gasteiger partial charge in [0.05, 0.1) is 6.42 Å². The second-order valence-corrected chi connectivity index (χ2v) is 6.30. The van der Waals surface area contributed by atoms with Crippen LogP contribution in [0.4, 0.5) is 18.9 Å². The molecule has 1 atom stereocenters. The molecule has 1 aliphatic rings. The van der Waals surface area contributed by atoms with Crippen LogP contribution in [0.5, 0.6) is 11.5 Å². The average molecular weight is 374 g/mol. The van der Waals surface area contributed by atoms with Crippen LogP contribution in [0.2, 0.25) is 0 Å². The molecule has 2 heterocycles. The third kappa shape index (κ3) is 3.40. The van der Waals surface area contributed by atoms with Crippen LogP contribution < -0.4 is 14.8 Å². The van der Waals surface area contributed by atoms with Crippen LogP contribution in [0.3, 0.4) is 0 Å². The Bertz CT molecular complexity index is 808. The lowest BCUT2D eigenvalue weighted by atomic mass is 9.99. The van der Waals surface area contributed by atoms with Crippen molar-refractivity contribution >= 4 is 22.9 Å². The fourth-order valence-corrected chi connectivity index (χ4v) is 3.17. The Morgan fingerprint density at radius 3 is 2.72 bits per heavy atom. The van der Waals surface area contributed by atoms with Crippen molar-refractivity contribution in [2.24, 2.45) is 0 Å². The van der Waals surface area contributed by atoms with Crippen molar-refractivity contribution in [1.82, 2.24) is 4.98 Å². The average Bonchev–Trinajstić information content (AvgIpc) is 3.14. The van der Waals surface area contributed by atoms with Gasteiger partial charge in [0.2, 0.25) is 18.3 Å². The van der Waals surface area contributed by atoms with E-state index in [2.05, 4.69) is 10.3 Å². The number of alkyl halides is 3. The number of ether oxygens (including phenoxy) is 2. The van der Waals surface area contributed by atoms with Gasteiger partial charge in [-0.05, 0) is 19.1 Å². The predicted molar refractivity (Wildman–Crippen MR) is 82.6 cm³/mol. The fraction of sp³-hybridized carbons (Fsp3) is 0.333. The summed E-state index contributed by atoms with van der Waals surface area (Å²) in [6, 6.07) is 4.42. The highest BCUT2D eigenvalue weighted by molar-refractivity contribution is 7.09. The van der Waals surface area contributed by atoms with Gasteiger partial charge in [0, 0.05) is 22.8 Å². The highest BCUT2D eigenvalue weighted by Crippen LogP contribution is 2.43. The maximum absolute atomic E-state index is 13.4. The van der Waals surface area contributed by atoms with Crippen molar-refractivity contribution in [1.29, 1.82) is 0 Å². The SMILES string of the molecule is Cc1csc([C@@](O)(CC(=O)Nc2ccc3c(c2)OCO3)C(F)(F)F)n1. The summed E-state index contributed by atoms with van der Waals surface area (Å²) in [5.74, 6) is -0.158. The molecule has 0 radical (unpaired) electrons. The standard InChI is InChI=1S/C15H13F3N2O4S/c1-8-6-25-13(19-8)14(22,15(16,17)18)5-12(21)20-9-2-3-10-11(4-9)24-7-23-10/h2-4,6,22H,5,7H2,1H3,(H,20,21)/t14-/m0/s1. The number of aromatic nitrogens is 1. The van der Waals surface area contributed by atoms with E-state index >= 15 is 0 Å². The van der Waals surface area contributed by atoms with Crippen LogP contribution in [-0.4, -0.2) is 29.0 Å². The lowest BCUT2D eigenvalue weighted by molar-refractivity contribution is -0.266. The third-order valence-electron chi connectivity index (χ3n) is 3.51. The van der Waals surface area contributed by atoms with Crippen LogP contribution in [0, 0.1) is 6.92 Å². The molecule has 1 amide bonds. The van der Waals surface area contributed by atoms with E-state index in [1.54, 1.807) is 0 Å². The van der Waals surface area contributed by atoms with Gasteiger partial charge in [-0.25, -0.2) is 4.98 Å². The molecular weight excluding hydrogens is 361 g/mol. The maximum atomic E-state index is 13.4. The number of hydrogen-bond donors (Lipinski definition) is 2. The number of benzene rings is 1. The summed E-state index contributed by atoms with van der Waals surface area (Å²) < 4.78 is 50.4. The number of nitrogens with one attached hydrogen (secondary N) is 1. The Labute approximate surface area is 144 Å². The number of rotatable bonds is 4. The fourth-order valence-electron chi connectivity index (χ4n) is 2.25. The molecule has 0 saturated carbocycles. The molecule has 0 unspecified atom stereocenters. The molecule has 0 saturated heterocycles. The summed E-state index contributed by atoms with van der Waals surface area (Å²) in [6.45, 7) is 1.54. The van der Waals surface area contributed by atoms with E-state index in [9.17, 15) is 23.1 Å². The van der Waals surface area contributed by atoms with Gasteiger partial charge in [0.15, 0.2) is 11.5 Å². The van der Waals surface area contributed by atoms with E-state index in [0.717, 1.165) is 0 Å². The smallest absolute Gasteiger partial charge is 0.424 e. The van der Waals surface area contributed by atoms with Gasteiger partial charge in [-0.2, -0.15) is 13.2 Å². The van der Waals surface area contributed by atoms with Gasteiger partial charge in [-0.3, -0.25) is 4.79 Å². The topological polar surface area (TPSA) is 80.7 Å². The molecule has 2 aromatic rings. The number of carbonyl (C=O) groups excluding carboxylic acids is 1. The first-order valence-corrected chi connectivity index (χ1v) is 7.98. The first kappa shape index (κ1) is 17.5. The van der Waals surface area contributed by atoms with E-state index in [0.29, 0.717) is 28.5 Å². The first-order valence-electron chi connectivity index (χ1n) is 7.10. The van der Waals surface area contributed by atoms with E-state index in [4.69, 9.17) is 9.47 Å². The Hall–Kier alpha value is -2.33. The second-order valence-electron chi connectivity index (χ2n) is 5.45. The van der Waals surface area contributed by atoms with Crippen molar-refractivity contribution < 1.29 is 32.5 Å². The molecule has 25 heavy (non-hydrogen) atoms. The molecular formula is C15H13F3N2O4S. The molecule has 0 bridgehead atoms. The molecule has 0 fully saturated rings. The number of amides is 1. The quantitative estimate of drug-likeness (QED) is 0.860. The highest BCUT2D eigenvalue weighted by Gasteiger charge is 2.58. The molecule has 1 aromatic heterocycles. The number of hydrogen-bond acceptors (Lipinski definition) is 6. The van der Waals surface area contributed by atoms with Crippen LogP contribution in [0.25, 0.3) is 0 Å². The zero-order chi connectivity index (χ0) is 18.2. The Kier molecular flexibility index (Phi) is 4.33. The van der Waals surface area contributed by atoms with Crippen molar-refractivity contribution in [3.8, 4) is 11.5 Å². The summed E-state index contributed by atoms with van der Waals surface area (Å²) in [5.41, 5.74) is -2.79. The first-order chi connectivity index (χ1) is 11.7. The molecule has 1 aliphatic heterocycles. The number of aliphatic hydroxyl groups is 1. The Morgan fingerprint density at radius 2 is 2.08 bits per heavy atom. The van der Waals surface area contributed by atoms with Crippen molar-refractivity contribution in [2.45, 2.75) is 25.1 Å². The van der Waals surface area contributed by atoms with Gasteiger partial charge in [0.25, 0.3) is 0 Å². The molecule has 2 N–H and O–H groups in total. The lowest BCUT2D eigenvalue weighted by Gasteiger charge is -2.27. The molecule has 6 nitrogen and oxygen atoms in total. The van der Waals surface area contributed by atoms with Gasteiger partial charge in [0.1, 0.15) is 5.01 Å². The summed E-state index contributed by atoms with van der Waals surface area (Å²) in [4.78, 5) is 15.8. The number of halogens is 3. The normalized spacial score (nSPS) is 15.7. The summed E-state index contributed by atoms with van der Waals surface area (Å²) in [6.07, 6.45) is -6.26. The summed E-state index contributed by atoms with van der Waals surface area (Å²) in [5, 5.41) is 13.3. The number of anilines is 1. The van der Waals surface area contributed by atoms with Crippen molar-refractivity contribution in [2.75, 3.05) is 12.1 Å². The number of aryl methyl sites for hydroxylation is 1. The number of fused-ring (bicyclic) bond motifs is 1. The predicted octanol–water partition coefficient (Wildman–Crippen LogP) is 2.96. The van der Waals surface area contributed by atoms with E-state index in [-0.39, 0.29) is 12.5 Å². The van der Waals surface area contributed by atoms with Crippen LogP contribution in [0.15, 0.2) is 23.6 Å².